The molecule has 200 valence electrons. The molecule has 0 spiro atoms. The molecule has 2 amide bonds. The van der Waals surface area contributed by atoms with Crippen LogP contribution in [0, 0.1) is 0 Å². The van der Waals surface area contributed by atoms with Crippen LogP contribution in [-0.4, -0.2) is 58.0 Å². The lowest BCUT2D eigenvalue weighted by atomic mass is 9.95. The van der Waals surface area contributed by atoms with E-state index in [1.165, 1.54) is 27.8 Å². The number of anilines is 2. The second kappa shape index (κ2) is 11.2. The summed E-state index contributed by atoms with van der Waals surface area (Å²) in [5, 5.41) is 6.29. The second-order valence-electron chi connectivity index (χ2n) is 9.10. The van der Waals surface area contributed by atoms with E-state index in [2.05, 4.69) is 10.6 Å². The van der Waals surface area contributed by atoms with Crippen molar-refractivity contribution >= 4 is 43.9 Å². The highest BCUT2D eigenvalue weighted by Crippen LogP contribution is 2.39. The molecule has 1 aromatic heterocycles. The highest BCUT2D eigenvalue weighted by molar-refractivity contribution is 7.89. The van der Waals surface area contributed by atoms with Gasteiger partial charge in [-0.25, -0.2) is 8.42 Å². The smallest absolute Gasteiger partial charge is 0.258 e. The van der Waals surface area contributed by atoms with Crippen LogP contribution in [-0.2, 0) is 27.6 Å². The number of hydrogen-bond acceptors (Lipinski definition) is 7. The fraction of sp³-hybridized carbons (Fsp3) is 0.333. The summed E-state index contributed by atoms with van der Waals surface area (Å²) >= 11 is 1.41. The van der Waals surface area contributed by atoms with Crippen LogP contribution in [0.1, 0.15) is 44.0 Å². The Morgan fingerprint density at radius 3 is 2.45 bits per heavy atom. The number of sulfonamides is 1. The Morgan fingerprint density at radius 1 is 0.974 bits per heavy atom. The molecule has 2 aliphatic rings. The zero-order valence-corrected chi connectivity index (χ0v) is 22.6. The van der Waals surface area contributed by atoms with Crippen molar-refractivity contribution in [1.29, 1.82) is 0 Å². The molecule has 1 saturated heterocycles. The first-order valence-corrected chi connectivity index (χ1v) is 14.7. The number of amides is 2. The van der Waals surface area contributed by atoms with Gasteiger partial charge in [0.15, 0.2) is 0 Å². The summed E-state index contributed by atoms with van der Waals surface area (Å²) in [5.74, 6) is -0.0867. The van der Waals surface area contributed by atoms with Gasteiger partial charge in [0, 0.05) is 29.2 Å². The lowest BCUT2D eigenvalue weighted by Crippen LogP contribution is -2.40. The normalized spacial score (nSPS) is 15.9. The summed E-state index contributed by atoms with van der Waals surface area (Å²) in [6, 6.07) is 13.0. The van der Waals surface area contributed by atoms with Crippen molar-refractivity contribution in [3.63, 3.8) is 0 Å². The summed E-state index contributed by atoms with van der Waals surface area (Å²) in [5.41, 5.74) is 2.24. The van der Waals surface area contributed by atoms with Crippen LogP contribution >= 0.6 is 11.3 Å². The standard InChI is InChI=1S/C27H29N3O6S2/c1-35-20-11-9-19(10-12-20)28-26(32)24-22-7-2-3-8-23(22)37-27(24)29-25(31)18-5-4-6-21(17-18)38(33,34)30-13-15-36-16-14-30/h4-6,9-12,17H,2-3,7-8,13-16H2,1H3,(H,28,32)(H,29,31). The van der Waals surface area contributed by atoms with Crippen LogP contribution in [0.3, 0.4) is 0 Å². The molecule has 0 bridgehead atoms. The molecule has 1 fully saturated rings. The Hall–Kier alpha value is -3.25. The number of morpholine rings is 1. The van der Waals surface area contributed by atoms with Crippen molar-refractivity contribution in [2.24, 2.45) is 0 Å². The lowest BCUT2D eigenvalue weighted by molar-refractivity contribution is 0.0730. The molecule has 1 aliphatic heterocycles. The van der Waals surface area contributed by atoms with E-state index in [1.807, 2.05) is 0 Å². The van der Waals surface area contributed by atoms with Crippen molar-refractivity contribution in [3.05, 3.63) is 70.1 Å². The number of carbonyl (C=O) groups is 2. The quantitative estimate of drug-likeness (QED) is 0.453. The Balaban J connectivity index is 1.40. The third-order valence-electron chi connectivity index (χ3n) is 6.68. The molecule has 2 heterocycles. The van der Waals surface area contributed by atoms with Gasteiger partial charge in [-0.1, -0.05) is 6.07 Å². The molecule has 2 N–H and O–H groups in total. The first-order valence-electron chi connectivity index (χ1n) is 12.5. The summed E-state index contributed by atoms with van der Waals surface area (Å²) in [6.07, 6.45) is 3.62. The molecule has 38 heavy (non-hydrogen) atoms. The van der Waals surface area contributed by atoms with Gasteiger partial charge in [-0.3, -0.25) is 9.59 Å². The zero-order chi connectivity index (χ0) is 26.7. The Morgan fingerprint density at radius 2 is 1.71 bits per heavy atom. The van der Waals surface area contributed by atoms with Crippen molar-refractivity contribution in [1.82, 2.24) is 4.31 Å². The minimum absolute atomic E-state index is 0.0509. The van der Waals surface area contributed by atoms with Crippen LogP contribution in [0.15, 0.2) is 53.4 Å². The van der Waals surface area contributed by atoms with Gasteiger partial charge >= 0.3 is 0 Å². The fourth-order valence-electron chi connectivity index (χ4n) is 4.67. The summed E-state index contributed by atoms with van der Waals surface area (Å²) in [6.45, 7) is 1.21. The number of methoxy groups -OCH3 is 1. The third-order valence-corrected chi connectivity index (χ3v) is 9.78. The number of hydrogen-bond donors (Lipinski definition) is 2. The Kier molecular flexibility index (Phi) is 7.80. The average molecular weight is 556 g/mol. The van der Waals surface area contributed by atoms with Crippen LogP contribution in [0.4, 0.5) is 10.7 Å². The van der Waals surface area contributed by atoms with E-state index in [-0.39, 0.29) is 29.5 Å². The van der Waals surface area contributed by atoms with E-state index in [4.69, 9.17) is 9.47 Å². The first kappa shape index (κ1) is 26.4. The molecule has 0 atom stereocenters. The Labute approximate surface area is 225 Å². The van der Waals surface area contributed by atoms with Crippen LogP contribution in [0.2, 0.25) is 0 Å². The number of thiophene rings is 1. The number of aryl methyl sites for hydroxylation is 1. The summed E-state index contributed by atoms with van der Waals surface area (Å²) < 4.78 is 38.0. The van der Waals surface area contributed by atoms with Gasteiger partial charge in [0.05, 0.1) is 30.8 Å². The largest absolute Gasteiger partial charge is 0.497 e. The number of nitrogens with one attached hydrogen (secondary N) is 2. The molecule has 3 aromatic rings. The van der Waals surface area contributed by atoms with Crippen molar-refractivity contribution in [2.45, 2.75) is 30.6 Å². The molecule has 0 unspecified atom stereocenters. The van der Waals surface area contributed by atoms with Gasteiger partial charge in [0.2, 0.25) is 10.0 Å². The predicted molar refractivity (Wildman–Crippen MR) is 146 cm³/mol. The van der Waals surface area contributed by atoms with E-state index in [0.29, 0.717) is 35.2 Å². The lowest BCUT2D eigenvalue weighted by Gasteiger charge is -2.26. The molecule has 0 radical (unpaired) electrons. The van der Waals surface area contributed by atoms with Crippen LogP contribution in [0.25, 0.3) is 0 Å². The number of carbonyl (C=O) groups excluding carboxylic acids is 2. The van der Waals surface area contributed by atoms with E-state index in [9.17, 15) is 18.0 Å². The van der Waals surface area contributed by atoms with Gasteiger partial charge < -0.3 is 20.1 Å². The molecule has 9 nitrogen and oxygen atoms in total. The molecular weight excluding hydrogens is 526 g/mol. The van der Waals surface area contributed by atoms with Gasteiger partial charge in [0.1, 0.15) is 10.8 Å². The summed E-state index contributed by atoms with van der Waals surface area (Å²) in [4.78, 5) is 27.9. The maximum Gasteiger partial charge on any atom is 0.258 e. The predicted octanol–water partition coefficient (Wildman–Crippen LogP) is 4.16. The van der Waals surface area contributed by atoms with Crippen LogP contribution in [0.5, 0.6) is 5.75 Å². The van der Waals surface area contributed by atoms with Crippen molar-refractivity contribution in [2.75, 3.05) is 44.0 Å². The van der Waals surface area contributed by atoms with Gasteiger partial charge in [0.25, 0.3) is 11.8 Å². The second-order valence-corrected chi connectivity index (χ2v) is 12.1. The summed E-state index contributed by atoms with van der Waals surface area (Å²) in [7, 11) is -2.17. The molecule has 1 aliphatic carbocycles. The van der Waals surface area contributed by atoms with Gasteiger partial charge in [-0.05, 0) is 73.7 Å². The minimum Gasteiger partial charge on any atom is -0.497 e. The molecule has 5 rings (SSSR count). The highest BCUT2D eigenvalue weighted by Gasteiger charge is 2.29. The molecular formula is C27H29N3O6S2. The number of nitrogens with zero attached hydrogens (tertiary/aromatic N) is 1. The van der Waals surface area contributed by atoms with E-state index < -0.39 is 15.9 Å². The maximum absolute atomic E-state index is 13.4. The van der Waals surface area contributed by atoms with Crippen molar-refractivity contribution < 1.29 is 27.5 Å². The first-order chi connectivity index (χ1) is 18.4. The monoisotopic (exact) mass is 555 g/mol. The number of benzene rings is 2. The molecule has 0 saturated carbocycles. The van der Waals surface area contributed by atoms with Crippen molar-refractivity contribution in [3.8, 4) is 5.75 Å². The topological polar surface area (TPSA) is 114 Å². The zero-order valence-electron chi connectivity index (χ0n) is 21.0. The number of ether oxygens (including phenoxy) is 2. The molecule has 11 heteroatoms. The molecule has 2 aromatic carbocycles. The highest BCUT2D eigenvalue weighted by atomic mass is 32.2. The number of fused-ring (bicyclic) bond motifs is 1. The maximum atomic E-state index is 13.4. The minimum atomic E-state index is -3.75. The van der Waals surface area contributed by atoms with Gasteiger partial charge in [-0.15, -0.1) is 11.3 Å². The average Bonchev–Trinajstić information content (AvgIpc) is 3.32. The Bertz CT molecular complexity index is 1440. The SMILES string of the molecule is COc1ccc(NC(=O)c2c(NC(=O)c3cccc(S(=O)(=O)N4CCOCC4)c3)sc3c2CCCC3)cc1. The third kappa shape index (κ3) is 5.46. The van der Waals surface area contributed by atoms with Crippen LogP contribution < -0.4 is 15.4 Å². The number of rotatable bonds is 7. The van der Waals surface area contributed by atoms with E-state index in [0.717, 1.165) is 36.1 Å². The van der Waals surface area contributed by atoms with E-state index in [1.54, 1.807) is 43.5 Å². The van der Waals surface area contributed by atoms with E-state index >= 15 is 0 Å². The van der Waals surface area contributed by atoms with Gasteiger partial charge in [-0.2, -0.15) is 4.31 Å². The fourth-order valence-corrected chi connectivity index (χ4v) is 7.41.